The minimum atomic E-state index is -0.522. The van der Waals surface area contributed by atoms with Crippen LogP contribution in [0.4, 0.5) is 10.1 Å². The molecule has 30 heavy (non-hydrogen) atoms. The Labute approximate surface area is 176 Å². The maximum Gasteiger partial charge on any atom is 0.291 e. The molecular formula is C23H17ClFNO4. The van der Waals surface area contributed by atoms with E-state index < -0.39 is 11.7 Å². The zero-order valence-electron chi connectivity index (χ0n) is 15.9. The summed E-state index contributed by atoms with van der Waals surface area (Å²) in [6.07, 6.45) is 0. The summed E-state index contributed by atoms with van der Waals surface area (Å²) in [7, 11) is 0. The predicted molar refractivity (Wildman–Crippen MR) is 112 cm³/mol. The number of halogens is 2. The fraction of sp³-hybridized carbons (Fsp3) is 0.0870. The Morgan fingerprint density at radius 3 is 2.53 bits per heavy atom. The van der Waals surface area contributed by atoms with Gasteiger partial charge in [-0.2, -0.15) is 0 Å². The lowest BCUT2D eigenvalue weighted by molar-refractivity contribution is 0.0997. The molecule has 2 aromatic carbocycles. The fourth-order valence-electron chi connectivity index (χ4n) is 3.08. The van der Waals surface area contributed by atoms with Gasteiger partial charge in [0.25, 0.3) is 5.91 Å². The predicted octanol–water partition coefficient (Wildman–Crippen LogP) is 6.05. The SMILES string of the molecule is Cc1cc(NC(=O)c2ccc(-c3ccc(F)c(Cl)c3)o2)ccc1-c1ccc(CO)o1. The number of amides is 1. The highest BCUT2D eigenvalue weighted by Crippen LogP contribution is 2.29. The molecule has 0 unspecified atom stereocenters. The molecule has 0 spiro atoms. The molecule has 152 valence electrons. The molecule has 4 aromatic rings. The first-order valence-corrected chi connectivity index (χ1v) is 9.49. The van der Waals surface area contributed by atoms with Crippen molar-refractivity contribution < 1.29 is 23.1 Å². The molecule has 0 saturated carbocycles. The first-order valence-electron chi connectivity index (χ1n) is 9.12. The summed E-state index contributed by atoms with van der Waals surface area (Å²) in [5.74, 6) is 0.714. The molecule has 0 aliphatic carbocycles. The van der Waals surface area contributed by atoms with E-state index in [1.54, 1.807) is 30.3 Å². The summed E-state index contributed by atoms with van der Waals surface area (Å²) in [6.45, 7) is 1.73. The molecule has 4 rings (SSSR count). The van der Waals surface area contributed by atoms with Crippen LogP contribution in [-0.2, 0) is 6.61 Å². The number of carbonyl (C=O) groups is 1. The van der Waals surface area contributed by atoms with Gasteiger partial charge in [-0.05, 0) is 73.2 Å². The van der Waals surface area contributed by atoms with Crippen molar-refractivity contribution >= 4 is 23.2 Å². The Kier molecular flexibility index (Phi) is 5.44. The van der Waals surface area contributed by atoms with E-state index in [2.05, 4.69) is 5.32 Å². The highest BCUT2D eigenvalue weighted by Gasteiger charge is 2.15. The smallest absolute Gasteiger partial charge is 0.291 e. The number of aryl methyl sites for hydroxylation is 1. The lowest BCUT2D eigenvalue weighted by Crippen LogP contribution is -2.10. The minimum absolute atomic E-state index is 0.0202. The third-order valence-corrected chi connectivity index (χ3v) is 4.89. The average Bonchev–Trinajstić information content (AvgIpc) is 3.40. The third kappa shape index (κ3) is 4.01. The second-order valence-corrected chi connectivity index (χ2v) is 7.11. The summed E-state index contributed by atoms with van der Waals surface area (Å²) < 4.78 is 24.5. The number of carbonyl (C=O) groups excluding carboxylic acids is 1. The number of benzene rings is 2. The topological polar surface area (TPSA) is 75.6 Å². The molecule has 2 aromatic heterocycles. The Morgan fingerprint density at radius 1 is 1.03 bits per heavy atom. The molecule has 0 aliphatic heterocycles. The van der Waals surface area contributed by atoms with Crippen molar-refractivity contribution in [1.29, 1.82) is 0 Å². The van der Waals surface area contributed by atoms with Crippen molar-refractivity contribution in [2.75, 3.05) is 5.32 Å². The molecule has 5 nitrogen and oxygen atoms in total. The summed E-state index contributed by atoms with van der Waals surface area (Å²) in [6, 6.07) is 16.3. The molecule has 0 saturated heterocycles. The van der Waals surface area contributed by atoms with Gasteiger partial charge in [0.05, 0.1) is 5.02 Å². The summed E-state index contributed by atoms with van der Waals surface area (Å²) >= 11 is 5.81. The Hall–Kier alpha value is -3.35. The second kappa shape index (κ2) is 8.18. The van der Waals surface area contributed by atoms with E-state index in [0.29, 0.717) is 28.5 Å². The third-order valence-electron chi connectivity index (χ3n) is 4.60. The van der Waals surface area contributed by atoms with Crippen LogP contribution in [0.5, 0.6) is 0 Å². The van der Waals surface area contributed by atoms with Crippen LogP contribution in [-0.4, -0.2) is 11.0 Å². The number of hydrogen-bond donors (Lipinski definition) is 2. The van der Waals surface area contributed by atoms with Gasteiger partial charge in [-0.25, -0.2) is 4.39 Å². The number of hydrogen-bond acceptors (Lipinski definition) is 4. The monoisotopic (exact) mass is 425 g/mol. The maximum absolute atomic E-state index is 13.3. The van der Waals surface area contributed by atoms with Gasteiger partial charge in [-0.3, -0.25) is 4.79 Å². The van der Waals surface area contributed by atoms with Crippen LogP contribution >= 0.6 is 11.6 Å². The van der Waals surface area contributed by atoms with Gasteiger partial charge in [-0.1, -0.05) is 11.6 Å². The number of nitrogens with one attached hydrogen (secondary N) is 1. The van der Waals surface area contributed by atoms with Gasteiger partial charge in [0.15, 0.2) is 5.76 Å². The maximum atomic E-state index is 13.3. The summed E-state index contributed by atoms with van der Waals surface area (Å²) in [4.78, 5) is 12.6. The Morgan fingerprint density at radius 2 is 1.83 bits per heavy atom. The Bertz CT molecular complexity index is 1230. The van der Waals surface area contributed by atoms with E-state index in [1.165, 1.54) is 18.2 Å². The summed E-state index contributed by atoms with van der Waals surface area (Å²) in [5.41, 5.74) is 2.92. The van der Waals surface area contributed by atoms with E-state index in [-0.39, 0.29) is 17.4 Å². The van der Waals surface area contributed by atoms with Crippen LogP contribution in [0.15, 0.2) is 69.5 Å². The molecular weight excluding hydrogens is 409 g/mol. The van der Waals surface area contributed by atoms with Crippen molar-refractivity contribution in [3.05, 3.63) is 88.6 Å². The highest BCUT2D eigenvalue weighted by atomic mass is 35.5. The van der Waals surface area contributed by atoms with E-state index in [4.69, 9.17) is 25.5 Å². The molecule has 0 atom stereocenters. The van der Waals surface area contributed by atoms with Gasteiger partial charge in [-0.15, -0.1) is 0 Å². The highest BCUT2D eigenvalue weighted by molar-refractivity contribution is 6.31. The summed E-state index contributed by atoms with van der Waals surface area (Å²) in [5, 5.41) is 11.9. The van der Waals surface area contributed by atoms with Gasteiger partial charge in [0, 0.05) is 16.8 Å². The molecule has 2 heterocycles. The lowest BCUT2D eigenvalue weighted by atomic mass is 10.1. The fourth-order valence-corrected chi connectivity index (χ4v) is 3.26. The molecule has 0 fully saturated rings. The first kappa shape index (κ1) is 19.9. The number of anilines is 1. The standard InChI is InChI=1S/C23H17ClFNO4/c1-13-10-15(3-5-17(13)21-7-4-16(12-27)29-21)26-23(28)22-9-8-20(30-22)14-2-6-19(25)18(24)11-14/h2-11,27H,12H2,1H3,(H,26,28). The second-order valence-electron chi connectivity index (χ2n) is 6.70. The van der Waals surface area contributed by atoms with Crippen molar-refractivity contribution in [1.82, 2.24) is 0 Å². The molecule has 1 amide bonds. The molecule has 0 bridgehead atoms. The van der Waals surface area contributed by atoms with Crippen LogP contribution in [0.25, 0.3) is 22.6 Å². The van der Waals surface area contributed by atoms with Crippen LogP contribution in [0.1, 0.15) is 21.9 Å². The van der Waals surface area contributed by atoms with Crippen LogP contribution in [0, 0.1) is 12.7 Å². The van der Waals surface area contributed by atoms with Crippen molar-refractivity contribution in [2.45, 2.75) is 13.5 Å². The largest absolute Gasteiger partial charge is 0.459 e. The van der Waals surface area contributed by atoms with Crippen molar-refractivity contribution in [3.63, 3.8) is 0 Å². The normalized spacial score (nSPS) is 10.9. The van der Waals surface area contributed by atoms with Gasteiger partial charge in [0.1, 0.15) is 29.7 Å². The average molecular weight is 426 g/mol. The number of aliphatic hydroxyl groups excluding tert-OH is 1. The quantitative estimate of drug-likeness (QED) is 0.408. The van der Waals surface area contributed by atoms with Crippen molar-refractivity contribution in [2.24, 2.45) is 0 Å². The number of rotatable bonds is 5. The number of aliphatic hydroxyl groups is 1. The number of furan rings is 2. The zero-order valence-corrected chi connectivity index (χ0v) is 16.7. The van der Waals surface area contributed by atoms with Crippen LogP contribution < -0.4 is 5.32 Å². The minimum Gasteiger partial charge on any atom is -0.459 e. The molecule has 0 aliphatic rings. The van der Waals surface area contributed by atoms with Crippen LogP contribution in [0.3, 0.4) is 0 Å². The van der Waals surface area contributed by atoms with E-state index in [9.17, 15) is 9.18 Å². The molecule has 0 radical (unpaired) electrons. The van der Waals surface area contributed by atoms with Gasteiger partial charge < -0.3 is 19.3 Å². The van der Waals surface area contributed by atoms with E-state index in [1.807, 2.05) is 19.1 Å². The van der Waals surface area contributed by atoms with Gasteiger partial charge >= 0.3 is 0 Å². The molecule has 7 heteroatoms. The van der Waals surface area contributed by atoms with Crippen molar-refractivity contribution in [3.8, 4) is 22.6 Å². The first-order chi connectivity index (χ1) is 14.4. The van der Waals surface area contributed by atoms with Gasteiger partial charge in [0.2, 0.25) is 0 Å². The Balaban J connectivity index is 1.51. The zero-order chi connectivity index (χ0) is 21.3. The lowest BCUT2D eigenvalue weighted by Gasteiger charge is -2.08. The molecule has 2 N–H and O–H groups in total. The van der Waals surface area contributed by atoms with E-state index >= 15 is 0 Å². The van der Waals surface area contributed by atoms with E-state index in [0.717, 1.165) is 11.1 Å². The van der Waals surface area contributed by atoms with Crippen LogP contribution in [0.2, 0.25) is 5.02 Å².